The first kappa shape index (κ1) is 19.8. The maximum absolute atomic E-state index is 14.4. The normalized spacial score (nSPS) is 22.5. The van der Waals surface area contributed by atoms with Crippen LogP contribution >= 0.6 is 15.9 Å². The molecular weight excluding hydrogens is 417 g/mol. The van der Waals surface area contributed by atoms with Crippen molar-refractivity contribution in [2.45, 2.75) is 37.7 Å². The van der Waals surface area contributed by atoms with Crippen molar-refractivity contribution in [2.75, 3.05) is 6.54 Å². The van der Waals surface area contributed by atoms with Gasteiger partial charge in [-0.15, -0.1) is 0 Å². The number of hydrogen-bond donors (Lipinski definition) is 2. The van der Waals surface area contributed by atoms with Gasteiger partial charge in [0.2, 0.25) is 0 Å². The van der Waals surface area contributed by atoms with Crippen LogP contribution < -0.4 is 0 Å². The number of amides is 1. The van der Waals surface area contributed by atoms with Crippen LogP contribution in [-0.2, 0) is 17.8 Å². The third-order valence-corrected chi connectivity index (χ3v) is 5.37. The molecule has 0 spiro atoms. The predicted octanol–water partition coefficient (Wildman–Crippen LogP) is 3.26. The second-order valence-corrected chi connectivity index (χ2v) is 7.42. The number of aliphatic hydroxyl groups is 2. The molecular formula is C20H21BrFNO4. The fourth-order valence-corrected chi connectivity index (χ4v) is 3.65. The van der Waals surface area contributed by atoms with E-state index in [-0.39, 0.29) is 26.0 Å². The molecule has 0 radical (unpaired) electrons. The number of rotatable bonds is 4. The summed E-state index contributed by atoms with van der Waals surface area (Å²) in [6.07, 6.45) is -2.43. The van der Waals surface area contributed by atoms with Crippen molar-refractivity contribution in [1.29, 1.82) is 0 Å². The Bertz CT molecular complexity index is 789. The van der Waals surface area contributed by atoms with Crippen molar-refractivity contribution >= 4 is 22.0 Å². The molecule has 2 N–H and O–H groups in total. The van der Waals surface area contributed by atoms with Gasteiger partial charge in [0.25, 0.3) is 0 Å². The molecule has 144 valence electrons. The van der Waals surface area contributed by atoms with E-state index in [4.69, 9.17) is 4.74 Å². The molecule has 2 aromatic rings. The number of hydrogen-bond acceptors (Lipinski definition) is 4. The van der Waals surface area contributed by atoms with Gasteiger partial charge in [-0.3, -0.25) is 0 Å². The zero-order chi connectivity index (χ0) is 19.4. The fraction of sp³-hybridized carbons (Fsp3) is 0.350. The molecule has 27 heavy (non-hydrogen) atoms. The van der Waals surface area contributed by atoms with Gasteiger partial charge in [-0.1, -0.05) is 42.5 Å². The minimum absolute atomic E-state index is 0.0734. The van der Waals surface area contributed by atoms with Gasteiger partial charge in [0.05, 0.1) is 16.6 Å². The summed E-state index contributed by atoms with van der Waals surface area (Å²) < 4.78 is 20.0. The molecule has 2 aromatic carbocycles. The Morgan fingerprint density at radius 2 is 1.93 bits per heavy atom. The number of halogens is 2. The number of carbonyl (C=O) groups is 1. The minimum atomic E-state index is -1.18. The van der Waals surface area contributed by atoms with Crippen molar-refractivity contribution in [3.63, 3.8) is 0 Å². The molecule has 1 fully saturated rings. The molecule has 0 saturated carbocycles. The smallest absolute Gasteiger partial charge is 0.410 e. The number of carbonyl (C=O) groups excluding carboxylic acids is 1. The Labute approximate surface area is 165 Å². The van der Waals surface area contributed by atoms with Crippen molar-refractivity contribution in [3.05, 3.63) is 69.9 Å². The van der Waals surface area contributed by atoms with Crippen molar-refractivity contribution in [1.82, 2.24) is 4.90 Å². The molecule has 3 rings (SSSR count). The van der Waals surface area contributed by atoms with Crippen molar-refractivity contribution in [2.24, 2.45) is 0 Å². The Balaban J connectivity index is 1.75. The Kier molecular flexibility index (Phi) is 6.46. The molecule has 0 aromatic heterocycles. The predicted molar refractivity (Wildman–Crippen MR) is 102 cm³/mol. The summed E-state index contributed by atoms with van der Waals surface area (Å²) in [7, 11) is 0. The molecule has 2 unspecified atom stereocenters. The lowest BCUT2D eigenvalue weighted by Crippen LogP contribution is -2.57. The molecule has 0 bridgehead atoms. The summed E-state index contributed by atoms with van der Waals surface area (Å²) in [4.78, 5) is 14.0. The highest BCUT2D eigenvalue weighted by Crippen LogP contribution is 2.26. The van der Waals surface area contributed by atoms with Crippen molar-refractivity contribution in [3.8, 4) is 0 Å². The van der Waals surface area contributed by atoms with Crippen LogP contribution in [0.25, 0.3) is 0 Å². The molecule has 0 aliphatic carbocycles. The standard InChI is InChI=1S/C20H21BrFNO4/c21-15-8-4-7-14(18(15)22)11-16-19(25)17(24)9-10-23(16)20(26)27-12-13-5-2-1-3-6-13/h1-8,16-17,19,24-25H,9-12H2/t16?,17-,19?/m1/s1. The molecule has 1 aliphatic heterocycles. The second kappa shape index (κ2) is 8.82. The lowest BCUT2D eigenvalue weighted by Gasteiger charge is -2.40. The number of likely N-dealkylation sites (tertiary alicyclic amines) is 1. The summed E-state index contributed by atoms with van der Waals surface area (Å²) in [5.74, 6) is -0.442. The Hall–Kier alpha value is -1.96. The van der Waals surface area contributed by atoms with Crippen LogP contribution in [-0.4, -0.2) is 46.0 Å². The van der Waals surface area contributed by atoms with E-state index < -0.39 is 30.2 Å². The van der Waals surface area contributed by atoms with Gasteiger partial charge < -0.3 is 19.8 Å². The SMILES string of the molecule is O=C(OCc1ccccc1)N1CC[C@@H](O)C(O)C1Cc1cccc(Br)c1F. The van der Waals surface area contributed by atoms with Crippen LogP contribution in [0, 0.1) is 5.82 Å². The van der Waals surface area contributed by atoms with Crippen LogP contribution in [0.2, 0.25) is 0 Å². The Morgan fingerprint density at radius 1 is 1.19 bits per heavy atom. The number of aliphatic hydroxyl groups excluding tert-OH is 2. The highest BCUT2D eigenvalue weighted by molar-refractivity contribution is 9.10. The summed E-state index contributed by atoms with van der Waals surface area (Å²) in [5, 5.41) is 20.5. The third kappa shape index (κ3) is 4.66. The summed E-state index contributed by atoms with van der Waals surface area (Å²) >= 11 is 3.14. The molecule has 3 atom stereocenters. The summed E-state index contributed by atoms with van der Waals surface area (Å²) in [5.41, 5.74) is 1.20. The topological polar surface area (TPSA) is 70.0 Å². The van der Waals surface area contributed by atoms with Gasteiger partial charge in [0, 0.05) is 6.54 Å². The molecule has 5 nitrogen and oxygen atoms in total. The fourth-order valence-electron chi connectivity index (χ4n) is 3.24. The average molecular weight is 438 g/mol. The van der Waals surface area contributed by atoms with E-state index in [9.17, 15) is 19.4 Å². The van der Waals surface area contributed by atoms with E-state index in [1.165, 1.54) is 4.90 Å². The molecule has 1 saturated heterocycles. The number of benzene rings is 2. The molecule has 1 amide bonds. The maximum Gasteiger partial charge on any atom is 0.410 e. The molecule has 1 aliphatic rings. The zero-order valence-electron chi connectivity index (χ0n) is 14.6. The lowest BCUT2D eigenvalue weighted by molar-refractivity contribution is -0.0716. The molecule has 7 heteroatoms. The van der Waals surface area contributed by atoms with E-state index >= 15 is 0 Å². The van der Waals surface area contributed by atoms with E-state index in [1.807, 2.05) is 30.3 Å². The average Bonchev–Trinajstić information content (AvgIpc) is 2.68. The highest BCUT2D eigenvalue weighted by atomic mass is 79.9. The van der Waals surface area contributed by atoms with Gasteiger partial charge >= 0.3 is 6.09 Å². The number of ether oxygens (including phenoxy) is 1. The van der Waals surface area contributed by atoms with Gasteiger partial charge in [-0.05, 0) is 46.0 Å². The quantitative estimate of drug-likeness (QED) is 0.769. The first-order valence-corrected chi connectivity index (χ1v) is 9.53. The number of nitrogens with zero attached hydrogens (tertiary/aromatic N) is 1. The van der Waals surface area contributed by atoms with E-state index in [0.717, 1.165) is 5.56 Å². The van der Waals surface area contributed by atoms with Gasteiger partial charge in [0.1, 0.15) is 18.5 Å². The molecule has 1 heterocycles. The number of piperidine rings is 1. The second-order valence-electron chi connectivity index (χ2n) is 6.56. The van der Waals surface area contributed by atoms with E-state index in [1.54, 1.807) is 18.2 Å². The largest absolute Gasteiger partial charge is 0.445 e. The van der Waals surface area contributed by atoms with Crippen LogP contribution in [0.3, 0.4) is 0 Å². The van der Waals surface area contributed by atoms with Crippen LogP contribution in [0.15, 0.2) is 53.0 Å². The summed E-state index contributed by atoms with van der Waals surface area (Å²) in [6.45, 7) is 0.332. The highest BCUT2D eigenvalue weighted by Gasteiger charge is 2.39. The van der Waals surface area contributed by atoms with Crippen LogP contribution in [0.1, 0.15) is 17.5 Å². The van der Waals surface area contributed by atoms with Crippen molar-refractivity contribution < 1.29 is 24.1 Å². The first-order valence-electron chi connectivity index (χ1n) is 8.73. The van der Waals surface area contributed by atoms with E-state index in [2.05, 4.69) is 15.9 Å². The van der Waals surface area contributed by atoms with Gasteiger partial charge in [-0.25, -0.2) is 9.18 Å². The summed E-state index contributed by atoms with van der Waals surface area (Å²) in [6, 6.07) is 13.3. The maximum atomic E-state index is 14.4. The lowest BCUT2D eigenvalue weighted by atomic mass is 9.91. The Morgan fingerprint density at radius 3 is 2.67 bits per heavy atom. The van der Waals surface area contributed by atoms with Crippen LogP contribution in [0.5, 0.6) is 0 Å². The minimum Gasteiger partial charge on any atom is -0.445 e. The third-order valence-electron chi connectivity index (χ3n) is 4.75. The van der Waals surface area contributed by atoms with Gasteiger partial charge in [0.15, 0.2) is 0 Å². The van der Waals surface area contributed by atoms with Crippen LogP contribution in [0.4, 0.5) is 9.18 Å². The van der Waals surface area contributed by atoms with Gasteiger partial charge in [-0.2, -0.15) is 0 Å². The first-order chi connectivity index (χ1) is 13.0. The van der Waals surface area contributed by atoms with E-state index in [0.29, 0.717) is 10.0 Å². The monoisotopic (exact) mass is 437 g/mol. The zero-order valence-corrected chi connectivity index (χ0v) is 16.2.